The van der Waals surface area contributed by atoms with Crippen molar-refractivity contribution in [2.75, 3.05) is 26.3 Å². The molecule has 0 radical (unpaired) electrons. The number of carbonyl (C=O) groups excluding carboxylic acids is 5. The Hall–Kier alpha value is -4.48. The van der Waals surface area contributed by atoms with Gasteiger partial charge in [-0.2, -0.15) is 0 Å². The quantitative estimate of drug-likeness (QED) is 0.0753. The molecule has 1 aliphatic rings. The lowest BCUT2D eigenvalue weighted by atomic mass is 10.0. The number of hydrogen-bond donors (Lipinski definition) is 9. The van der Waals surface area contributed by atoms with Crippen molar-refractivity contribution >= 4 is 47.4 Å². The van der Waals surface area contributed by atoms with Crippen LogP contribution in [0.1, 0.15) is 33.1 Å². The van der Waals surface area contributed by atoms with Crippen molar-refractivity contribution in [1.29, 1.82) is 0 Å². The fourth-order valence-electron chi connectivity index (χ4n) is 3.42. The van der Waals surface area contributed by atoms with Crippen molar-refractivity contribution in [2.24, 2.45) is 22.4 Å². The van der Waals surface area contributed by atoms with Gasteiger partial charge >= 0.3 is 11.9 Å². The zero-order valence-electron chi connectivity index (χ0n) is 22.1. The van der Waals surface area contributed by atoms with E-state index in [2.05, 4.69) is 26.3 Å². The van der Waals surface area contributed by atoms with E-state index in [0.717, 1.165) is 0 Å². The van der Waals surface area contributed by atoms with E-state index >= 15 is 0 Å². The lowest BCUT2D eigenvalue weighted by molar-refractivity contribution is -0.146. The van der Waals surface area contributed by atoms with Crippen LogP contribution in [0.3, 0.4) is 0 Å². The number of nitrogens with zero attached hydrogens (tertiary/aromatic N) is 1. The van der Waals surface area contributed by atoms with Gasteiger partial charge in [-0.15, -0.1) is 0 Å². The zero-order valence-corrected chi connectivity index (χ0v) is 22.1. The average Bonchev–Trinajstić information content (AvgIpc) is 2.85. The monoisotopic (exact) mass is 572 g/mol. The number of aliphatic carboxylic acids is 2. The van der Waals surface area contributed by atoms with Gasteiger partial charge in [0, 0.05) is 6.54 Å². The predicted molar refractivity (Wildman–Crippen MR) is 136 cm³/mol. The molecule has 40 heavy (non-hydrogen) atoms. The largest absolute Gasteiger partial charge is 0.481 e. The summed E-state index contributed by atoms with van der Waals surface area (Å²) in [7, 11) is 0. The number of carboxylic acids is 2. The van der Waals surface area contributed by atoms with Crippen molar-refractivity contribution < 1.29 is 48.5 Å². The number of carboxylic acid groups (broad SMARTS) is 2. The highest BCUT2D eigenvalue weighted by molar-refractivity contribution is 5.96. The molecule has 0 aromatic carbocycles. The van der Waals surface area contributed by atoms with E-state index in [0.29, 0.717) is 0 Å². The molecular formula is C22H36N8O10. The molecule has 1 rings (SSSR count). The molecule has 18 heteroatoms. The summed E-state index contributed by atoms with van der Waals surface area (Å²) in [6, 6.07) is -5.70. The second kappa shape index (κ2) is 16.5. The molecule has 0 saturated carbocycles. The normalized spacial score (nSPS) is 23.8. The lowest BCUT2D eigenvalue weighted by Gasteiger charge is -2.26. The second-order valence-corrected chi connectivity index (χ2v) is 9.15. The van der Waals surface area contributed by atoms with Crippen molar-refractivity contribution in [2.45, 2.75) is 57.3 Å². The van der Waals surface area contributed by atoms with Crippen LogP contribution in [0.5, 0.6) is 0 Å². The number of carbonyl (C=O) groups is 7. The first-order valence-corrected chi connectivity index (χ1v) is 12.3. The molecule has 11 N–H and O–H groups in total. The van der Waals surface area contributed by atoms with Gasteiger partial charge < -0.3 is 53.0 Å². The smallest absolute Gasteiger partial charge is 0.328 e. The number of amides is 5. The fraction of sp³-hybridized carbons (Fsp3) is 0.636. The summed E-state index contributed by atoms with van der Waals surface area (Å²) in [5, 5.41) is 29.9. The number of nitrogens with one attached hydrogen (secondary N) is 5. The number of ether oxygens (including phenoxy) is 1. The summed E-state index contributed by atoms with van der Waals surface area (Å²) in [5.74, 6) is -8.04. The molecule has 0 unspecified atom stereocenters. The summed E-state index contributed by atoms with van der Waals surface area (Å²) in [6.45, 7) is 1.33. The van der Waals surface area contributed by atoms with E-state index in [4.69, 9.17) is 21.3 Å². The average molecular weight is 573 g/mol. The van der Waals surface area contributed by atoms with Crippen molar-refractivity contribution in [3.8, 4) is 0 Å². The first kappa shape index (κ1) is 33.5. The molecule has 0 aliphatic carbocycles. The summed E-state index contributed by atoms with van der Waals surface area (Å²) in [5.41, 5.74) is 10.6. The van der Waals surface area contributed by atoms with Gasteiger partial charge in [0.25, 0.3) is 0 Å². The van der Waals surface area contributed by atoms with Crippen LogP contribution in [-0.2, 0) is 38.3 Å². The summed E-state index contributed by atoms with van der Waals surface area (Å²) in [6.07, 6.45) is -0.611. The second-order valence-electron chi connectivity index (χ2n) is 9.15. The summed E-state index contributed by atoms with van der Waals surface area (Å²) < 4.78 is 5.10. The van der Waals surface area contributed by atoms with E-state index in [-0.39, 0.29) is 25.3 Å². The van der Waals surface area contributed by atoms with Crippen LogP contribution >= 0.6 is 0 Å². The Bertz CT molecular complexity index is 998. The number of aliphatic imine (C=N–C) groups is 1. The summed E-state index contributed by atoms with van der Waals surface area (Å²) in [4.78, 5) is 89.9. The maximum absolute atomic E-state index is 13.0. The van der Waals surface area contributed by atoms with Crippen molar-refractivity contribution in [3.05, 3.63) is 0 Å². The van der Waals surface area contributed by atoms with E-state index < -0.39 is 97.7 Å². The highest BCUT2D eigenvalue weighted by atomic mass is 16.5. The molecule has 4 atom stereocenters. The number of guanidine groups is 1. The van der Waals surface area contributed by atoms with Crippen molar-refractivity contribution in [1.82, 2.24) is 26.6 Å². The minimum atomic E-state index is -1.70. The molecule has 0 aromatic rings. The van der Waals surface area contributed by atoms with Crippen LogP contribution < -0.4 is 38.1 Å². The van der Waals surface area contributed by atoms with Gasteiger partial charge in [-0.25, -0.2) is 4.79 Å². The Morgan fingerprint density at radius 2 is 1.62 bits per heavy atom. The number of rotatable bonds is 8. The Kier molecular flexibility index (Phi) is 13.8. The molecule has 1 fully saturated rings. The van der Waals surface area contributed by atoms with Crippen molar-refractivity contribution in [3.63, 3.8) is 0 Å². The van der Waals surface area contributed by atoms with Gasteiger partial charge in [-0.05, 0) is 18.8 Å². The SMILES string of the molecule is CC(C)[C@H]1NC(=O)COC[C@@H](C(=O)O)NC(=O)[C@H](CC(=O)O)NC(=O)CNC(=O)[C@H](CCCN=C(N)N)NC1=O. The van der Waals surface area contributed by atoms with E-state index in [1.807, 2.05) is 5.32 Å². The van der Waals surface area contributed by atoms with E-state index in [1.54, 1.807) is 13.8 Å². The highest BCUT2D eigenvalue weighted by Crippen LogP contribution is 2.06. The minimum Gasteiger partial charge on any atom is -0.481 e. The number of nitrogens with two attached hydrogens (primary N) is 2. The maximum atomic E-state index is 13.0. The maximum Gasteiger partial charge on any atom is 0.328 e. The van der Waals surface area contributed by atoms with Crippen LogP contribution in [0.4, 0.5) is 0 Å². The Morgan fingerprint density at radius 1 is 0.950 bits per heavy atom. The van der Waals surface area contributed by atoms with E-state index in [9.17, 15) is 38.7 Å². The van der Waals surface area contributed by atoms with E-state index in [1.165, 1.54) is 0 Å². The molecule has 1 saturated heterocycles. The van der Waals surface area contributed by atoms with Crippen LogP contribution in [-0.4, -0.2) is 108 Å². The molecule has 0 bridgehead atoms. The molecule has 1 aliphatic heterocycles. The predicted octanol–water partition coefficient (Wildman–Crippen LogP) is -4.66. The molecule has 1 heterocycles. The third-order valence-electron chi connectivity index (χ3n) is 5.43. The van der Waals surface area contributed by atoms with Gasteiger partial charge in [0.15, 0.2) is 12.0 Å². The third kappa shape index (κ3) is 12.4. The van der Waals surface area contributed by atoms with Crippen LogP contribution in [0.25, 0.3) is 0 Å². The first-order valence-electron chi connectivity index (χ1n) is 12.3. The molecule has 0 spiro atoms. The van der Waals surface area contributed by atoms with Crippen LogP contribution in [0, 0.1) is 5.92 Å². The van der Waals surface area contributed by atoms with Gasteiger partial charge in [0.1, 0.15) is 24.7 Å². The standard InChI is InChI=1S/C22H36N8O10/c1-10(2)17-20(37)28-11(4-3-5-25-22(23)24)18(35)26-7-14(31)27-12(6-16(33)34)19(36)29-13(21(38)39)8-40-9-15(32)30-17/h10-13,17H,3-9H2,1-2H3,(H,26,35)(H,27,31)(H,28,37)(H,29,36)(H,30,32)(H,33,34)(H,38,39)(H4,23,24,25)/t11-,12-,13-,17+/m0/s1. The van der Waals surface area contributed by atoms with Crippen LogP contribution in [0.15, 0.2) is 4.99 Å². The topological polar surface area (TPSA) is 294 Å². The fourth-order valence-corrected chi connectivity index (χ4v) is 3.42. The molecule has 224 valence electrons. The number of hydrogen-bond acceptors (Lipinski definition) is 9. The molecular weight excluding hydrogens is 536 g/mol. The van der Waals surface area contributed by atoms with Gasteiger partial charge in [-0.3, -0.25) is 33.8 Å². The van der Waals surface area contributed by atoms with Gasteiger partial charge in [0.05, 0.1) is 19.6 Å². The lowest BCUT2D eigenvalue weighted by Crippen LogP contribution is -2.58. The molecule has 0 aromatic heterocycles. The minimum absolute atomic E-state index is 0.0401. The van der Waals surface area contributed by atoms with Gasteiger partial charge in [-0.1, -0.05) is 13.8 Å². The summed E-state index contributed by atoms with van der Waals surface area (Å²) >= 11 is 0. The van der Waals surface area contributed by atoms with Crippen LogP contribution in [0.2, 0.25) is 0 Å². The highest BCUT2D eigenvalue weighted by Gasteiger charge is 2.31. The Balaban J connectivity index is 3.24. The first-order chi connectivity index (χ1) is 18.7. The van der Waals surface area contributed by atoms with Gasteiger partial charge in [0.2, 0.25) is 29.5 Å². The molecule has 5 amide bonds. The Labute approximate surface area is 229 Å². The Morgan fingerprint density at radius 3 is 2.20 bits per heavy atom. The zero-order chi connectivity index (χ0) is 30.4. The third-order valence-corrected chi connectivity index (χ3v) is 5.43. The molecule has 18 nitrogen and oxygen atoms in total.